The highest BCUT2D eigenvalue weighted by molar-refractivity contribution is 9.10. The second-order valence-electron chi connectivity index (χ2n) is 4.28. The van der Waals surface area contributed by atoms with Crippen LogP contribution in [0.25, 0.3) is 0 Å². The molecule has 118 valence electrons. The molecule has 22 heavy (non-hydrogen) atoms. The highest BCUT2D eigenvalue weighted by Gasteiger charge is 2.19. The SMILES string of the molecule is COc1ccc(Br)cc1S(=O)(=O)NCCn1ncccc1=O. The van der Waals surface area contributed by atoms with E-state index in [9.17, 15) is 13.2 Å². The molecule has 0 saturated carbocycles. The fourth-order valence-electron chi connectivity index (χ4n) is 1.78. The van der Waals surface area contributed by atoms with Crippen LogP contribution in [0, 0.1) is 0 Å². The number of nitrogens with zero attached hydrogens (tertiary/aromatic N) is 2. The van der Waals surface area contributed by atoms with E-state index in [0.717, 1.165) is 0 Å². The van der Waals surface area contributed by atoms with Gasteiger partial charge in [-0.1, -0.05) is 15.9 Å². The van der Waals surface area contributed by atoms with Gasteiger partial charge in [0.05, 0.1) is 13.7 Å². The number of sulfonamides is 1. The molecule has 9 heteroatoms. The molecule has 7 nitrogen and oxygen atoms in total. The molecular weight excluding hydrogens is 374 g/mol. The number of rotatable bonds is 6. The molecule has 0 bridgehead atoms. The Bertz CT molecular complexity index is 820. The summed E-state index contributed by atoms with van der Waals surface area (Å²) in [7, 11) is -2.36. The molecule has 0 aliphatic heterocycles. The van der Waals surface area contributed by atoms with Crippen molar-refractivity contribution >= 4 is 26.0 Å². The van der Waals surface area contributed by atoms with E-state index >= 15 is 0 Å². The number of hydrogen-bond acceptors (Lipinski definition) is 5. The van der Waals surface area contributed by atoms with Gasteiger partial charge in [0.1, 0.15) is 10.6 Å². The van der Waals surface area contributed by atoms with E-state index in [1.54, 1.807) is 12.1 Å². The first-order chi connectivity index (χ1) is 10.4. The van der Waals surface area contributed by atoms with Gasteiger partial charge < -0.3 is 4.74 Å². The number of ether oxygens (including phenoxy) is 1. The first kappa shape index (κ1) is 16.7. The number of hydrogen-bond donors (Lipinski definition) is 1. The van der Waals surface area contributed by atoms with Gasteiger partial charge in [0.15, 0.2) is 0 Å². The van der Waals surface area contributed by atoms with E-state index in [2.05, 4.69) is 25.8 Å². The van der Waals surface area contributed by atoms with Crippen LogP contribution in [-0.4, -0.2) is 31.9 Å². The molecule has 0 spiro atoms. The fraction of sp³-hybridized carbons (Fsp3) is 0.231. The molecule has 1 aromatic carbocycles. The van der Waals surface area contributed by atoms with Crippen molar-refractivity contribution in [3.8, 4) is 5.75 Å². The number of methoxy groups -OCH3 is 1. The summed E-state index contributed by atoms with van der Waals surface area (Å²) in [6.45, 7) is 0.171. The van der Waals surface area contributed by atoms with Gasteiger partial charge in [-0.25, -0.2) is 17.8 Å². The van der Waals surface area contributed by atoms with Crippen LogP contribution in [0.1, 0.15) is 0 Å². The van der Waals surface area contributed by atoms with Crippen LogP contribution in [0.4, 0.5) is 0 Å². The molecule has 1 N–H and O–H groups in total. The zero-order valence-electron chi connectivity index (χ0n) is 11.7. The zero-order valence-corrected chi connectivity index (χ0v) is 14.1. The van der Waals surface area contributed by atoms with E-state index in [4.69, 9.17) is 4.74 Å². The smallest absolute Gasteiger partial charge is 0.266 e. The number of benzene rings is 1. The van der Waals surface area contributed by atoms with Crippen molar-refractivity contribution in [1.82, 2.24) is 14.5 Å². The van der Waals surface area contributed by atoms with Gasteiger partial charge in [0, 0.05) is 23.3 Å². The summed E-state index contributed by atoms with van der Waals surface area (Å²) >= 11 is 3.23. The van der Waals surface area contributed by atoms with Crippen LogP contribution in [-0.2, 0) is 16.6 Å². The molecule has 0 saturated heterocycles. The standard InChI is InChI=1S/C13H14BrN3O4S/c1-21-11-5-4-10(14)9-12(11)22(19,20)16-7-8-17-13(18)3-2-6-15-17/h2-6,9,16H,7-8H2,1H3. The largest absolute Gasteiger partial charge is 0.495 e. The van der Waals surface area contributed by atoms with E-state index in [-0.39, 0.29) is 29.3 Å². The normalized spacial score (nSPS) is 11.4. The topological polar surface area (TPSA) is 90.3 Å². The van der Waals surface area contributed by atoms with Crippen LogP contribution < -0.4 is 15.0 Å². The number of halogens is 1. The van der Waals surface area contributed by atoms with E-state index in [1.165, 1.54) is 36.2 Å². The predicted octanol–water partition coefficient (Wildman–Crippen LogP) is 0.993. The van der Waals surface area contributed by atoms with Gasteiger partial charge in [-0.3, -0.25) is 4.79 Å². The van der Waals surface area contributed by atoms with Crippen molar-refractivity contribution in [2.45, 2.75) is 11.4 Å². The summed E-state index contributed by atoms with van der Waals surface area (Å²) in [6.07, 6.45) is 1.47. The third-order valence-electron chi connectivity index (χ3n) is 2.82. The molecule has 2 rings (SSSR count). The summed E-state index contributed by atoms with van der Waals surface area (Å²) in [5.41, 5.74) is -0.290. The summed E-state index contributed by atoms with van der Waals surface area (Å²) in [6, 6.07) is 7.58. The van der Waals surface area contributed by atoms with Crippen LogP contribution in [0.2, 0.25) is 0 Å². The zero-order chi connectivity index (χ0) is 16.2. The molecule has 0 amide bonds. The third kappa shape index (κ3) is 3.93. The van der Waals surface area contributed by atoms with Crippen molar-refractivity contribution in [3.05, 3.63) is 51.4 Å². The summed E-state index contributed by atoms with van der Waals surface area (Å²) in [5.74, 6) is 0.241. The quantitative estimate of drug-likeness (QED) is 0.797. The van der Waals surface area contributed by atoms with E-state index < -0.39 is 10.0 Å². The molecule has 1 aromatic heterocycles. The molecule has 0 aliphatic carbocycles. The lowest BCUT2D eigenvalue weighted by Crippen LogP contribution is -2.31. The van der Waals surface area contributed by atoms with E-state index in [0.29, 0.717) is 4.47 Å². The Hall–Kier alpha value is -1.71. The van der Waals surface area contributed by atoms with Gasteiger partial charge in [-0.15, -0.1) is 0 Å². The highest BCUT2D eigenvalue weighted by atomic mass is 79.9. The first-order valence-electron chi connectivity index (χ1n) is 6.29. The Kier molecular flexibility index (Phi) is 5.33. The van der Waals surface area contributed by atoms with Gasteiger partial charge in [-0.05, 0) is 24.3 Å². The predicted molar refractivity (Wildman–Crippen MR) is 84.4 cm³/mol. The molecule has 0 unspecified atom stereocenters. The van der Waals surface area contributed by atoms with Crippen LogP contribution >= 0.6 is 15.9 Å². The Morgan fingerprint density at radius 3 is 2.82 bits per heavy atom. The molecule has 0 radical (unpaired) electrons. The van der Waals surface area contributed by atoms with Crippen LogP contribution in [0.5, 0.6) is 5.75 Å². The van der Waals surface area contributed by atoms with Crippen LogP contribution in [0.3, 0.4) is 0 Å². The second kappa shape index (κ2) is 7.03. The van der Waals surface area contributed by atoms with E-state index in [1.807, 2.05) is 0 Å². The van der Waals surface area contributed by atoms with Gasteiger partial charge in [0.2, 0.25) is 10.0 Å². The van der Waals surface area contributed by atoms with Crippen molar-refractivity contribution in [1.29, 1.82) is 0 Å². The minimum Gasteiger partial charge on any atom is -0.495 e. The fourth-order valence-corrected chi connectivity index (χ4v) is 3.51. The summed E-state index contributed by atoms with van der Waals surface area (Å²) in [5, 5.41) is 3.86. The Morgan fingerprint density at radius 1 is 1.36 bits per heavy atom. The molecule has 2 aromatic rings. The maximum absolute atomic E-state index is 12.3. The minimum absolute atomic E-state index is 0.0257. The summed E-state index contributed by atoms with van der Waals surface area (Å²) in [4.78, 5) is 11.5. The lowest BCUT2D eigenvalue weighted by molar-refractivity contribution is 0.402. The van der Waals surface area contributed by atoms with Crippen LogP contribution in [0.15, 0.2) is 50.7 Å². The Morgan fingerprint density at radius 2 is 2.14 bits per heavy atom. The lowest BCUT2D eigenvalue weighted by Gasteiger charge is -2.11. The van der Waals surface area contributed by atoms with Gasteiger partial charge in [0.25, 0.3) is 5.56 Å². The van der Waals surface area contributed by atoms with Crippen molar-refractivity contribution in [2.75, 3.05) is 13.7 Å². The number of aromatic nitrogens is 2. The second-order valence-corrected chi connectivity index (χ2v) is 6.93. The lowest BCUT2D eigenvalue weighted by atomic mass is 10.3. The van der Waals surface area contributed by atoms with Gasteiger partial charge in [-0.2, -0.15) is 5.10 Å². The highest BCUT2D eigenvalue weighted by Crippen LogP contribution is 2.26. The number of nitrogens with one attached hydrogen (secondary N) is 1. The molecule has 1 heterocycles. The molecule has 0 fully saturated rings. The van der Waals surface area contributed by atoms with Crippen molar-refractivity contribution in [2.24, 2.45) is 0 Å². The van der Waals surface area contributed by atoms with Crippen molar-refractivity contribution < 1.29 is 13.2 Å². The molecular formula is C13H14BrN3O4S. The van der Waals surface area contributed by atoms with Crippen molar-refractivity contribution in [3.63, 3.8) is 0 Å². The minimum atomic E-state index is -3.76. The molecule has 0 aliphatic rings. The first-order valence-corrected chi connectivity index (χ1v) is 8.57. The average Bonchev–Trinajstić information content (AvgIpc) is 2.49. The Labute approximate surface area is 136 Å². The van der Waals surface area contributed by atoms with Gasteiger partial charge >= 0.3 is 0 Å². The third-order valence-corrected chi connectivity index (χ3v) is 4.79. The monoisotopic (exact) mass is 387 g/mol. The maximum Gasteiger partial charge on any atom is 0.266 e. The maximum atomic E-state index is 12.3. The Balaban J connectivity index is 2.14. The average molecular weight is 388 g/mol. The molecule has 0 atom stereocenters. The summed E-state index contributed by atoms with van der Waals surface area (Å²) < 4.78 is 33.9.